The monoisotopic (exact) mass is 428 g/mol. The zero-order chi connectivity index (χ0) is 21.6. The van der Waals surface area contributed by atoms with Gasteiger partial charge in [0.1, 0.15) is 36.5 Å². The van der Waals surface area contributed by atoms with Crippen LogP contribution in [0.3, 0.4) is 0 Å². The van der Waals surface area contributed by atoms with E-state index in [1.54, 1.807) is 0 Å². The number of ether oxygens (including phenoxy) is 3. The summed E-state index contributed by atoms with van der Waals surface area (Å²) in [6.45, 7) is 0. The normalized spacial score (nSPS) is 34.5. The van der Waals surface area contributed by atoms with Gasteiger partial charge in [0.05, 0.1) is 26.4 Å². The molecule has 31 heavy (non-hydrogen) atoms. The second-order valence-electron chi connectivity index (χ2n) is 10.3. The van der Waals surface area contributed by atoms with Crippen molar-refractivity contribution in [2.75, 3.05) is 14.1 Å². The summed E-state index contributed by atoms with van der Waals surface area (Å²) in [5, 5.41) is 0. The SMILES string of the molecule is C[N+]1(C)[C@@H]2CC(OC(=O)[C@@H](CC(=O)OC3CCCCC3)c3ccccc3)C[C@H]1[C@@H]1O[C@@H]12. The summed E-state index contributed by atoms with van der Waals surface area (Å²) in [4.78, 5) is 26.0. The molecule has 4 aliphatic rings. The molecular weight excluding hydrogens is 394 g/mol. The molecule has 3 aliphatic heterocycles. The van der Waals surface area contributed by atoms with Crippen LogP contribution in [0.2, 0.25) is 0 Å². The van der Waals surface area contributed by atoms with Crippen molar-refractivity contribution >= 4 is 11.9 Å². The molecule has 0 amide bonds. The van der Waals surface area contributed by atoms with E-state index >= 15 is 0 Å². The highest BCUT2D eigenvalue weighted by Crippen LogP contribution is 2.51. The molecule has 1 aromatic carbocycles. The number of carbonyl (C=O) groups excluding carboxylic acids is 2. The lowest BCUT2D eigenvalue weighted by atomic mass is 9.94. The summed E-state index contributed by atoms with van der Waals surface area (Å²) in [6, 6.07) is 10.3. The highest BCUT2D eigenvalue weighted by Gasteiger charge is 2.70. The third-order valence-corrected chi connectivity index (χ3v) is 8.03. The molecule has 0 N–H and O–H groups in total. The zero-order valence-electron chi connectivity index (χ0n) is 18.6. The van der Waals surface area contributed by atoms with Crippen molar-refractivity contribution in [3.63, 3.8) is 0 Å². The summed E-state index contributed by atoms with van der Waals surface area (Å²) in [6.07, 6.45) is 7.48. The standard InChI is InChI=1S/C25H34NO5/c1-26(2)20-13-18(14-21(26)24-23(20)31-24)30-25(28)19(16-9-5-3-6-10-16)15-22(27)29-17-11-7-4-8-12-17/h3,5-6,9-10,17-21,23-24H,4,7-8,11-15H2,1-2H3/q+1/t18?,19-,20-,21+,23-,24+/m0/s1. The molecule has 5 rings (SSSR count). The van der Waals surface area contributed by atoms with Crippen LogP contribution in [0.1, 0.15) is 62.8 Å². The van der Waals surface area contributed by atoms with Crippen molar-refractivity contribution in [2.24, 2.45) is 0 Å². The lowest BCUT2D eigenvalue weighted by Gasteiger charge is -2.45. The quantitative estimate of drug-likeness (QED) is 0.395. The Kier molecular flexibility index (Phi) is 5.55. The van der Waals surface area contributed by atoms with Gasteiger partial charge in [-0.2, -0.15) is 0 Å². The lowest BCUT2D eigenvalue weighted by Crippen LogP contribution is -2.60. The van der Waals surface area contributed by atoms with Crippen LogP contribution >= 0.6 is 0 Å². The number of likely N-dealkylation sites (N-methyl/N-ethyl adjacent to an activating group) is 1. The van der Waals surface area contributed by atoms with Gasteiger partial charge in [-0.1, -0.05) is 36.8 Å². The van der Waals surface area contributed by atoms with Gasteiger partial charge in [0.15, 0.2) is 0 Å². The van der Waals surface area contributed by atoms with Crippen molar-refractivity contribution in [1.82, 2.24) is 0 Å². The van der Waals surface area contributed by atoms with Crippen LogP contribution in [-0.4, -0.2) is 67.0 Å². The molecule has 0 radical (unpaired) electrons. The molecule has 1 unspecified atom stereocenters. The van der Waals surface area contributed by atoms with Crippen LogP contribution in [-0.2, 0) is 23.8 Å². The van der Waals surface area contributed by atoms with E-state index in [0.717, 1.165) is 48.6 Å². The van der Waals surface area contributed by atoms with E-state index in [4.69, 9.17) is 14.2 Å². The minimum atomic E-state index is -0.620. The number of fused-ring (bicyclic) bond motifs is 5. The molecule has 1 aromatic rings. The molecule has 0 aromatic heterocycles. The number of piperidine rings is 1. The molecule has 3 saturated heterocycles. The van der Waals surface area contributed by atoms with Gasteiger partial charge in [-0.15, -0.1) is 0 Å². The second kappa shape index (κ2) is 8.21. The summed E-state index contributed by atoms with van der Waals surface area (Å²) < 4.78 is 18.5. The average molecular weight is 429 g/mol. The van der Waals surface area contributed by atoms with E-state index in [2.05, 4.69) is 14.1 Å². The van der Waals surface area contributed by atoms with E-state index in [9.17, 15) is 9.59 Å². The van der Waals surface area contributed by atoms with Crippen molar-refractivity contribution < 1.29 is 28.3 Å². The minimum Gasteiger partial charge on any atom is -0.462 e. The Labute approximate surface area is 184 Å². The summed E-state index contributed by atoms with van der Waals surface area (Å²) >= 11 is 0. The van der Waals surface area contributed by atoms with Crippen LogP contribution in [0.15, 0.2) is 30.3 Å². The van der Waals surface area contributed by atoms with Crippen molar-refractivity contribution in [3.8, 4) is 0 Å². The molecule has 2 bridgehead atoms. The summed E-state index contributed by atoms with van der Waals surface area (Å²) in [5.41, 5.74) is 0.814. The number of esters is 2. The van der Waals surface area contributed by atoms with E-state index < -0.39 is 5.92 Å². The van der Waals surface area contributed by atoms with Gasteiger partial charge in [-0.05, 0) is 31.2 Å². The van der Waals surface area contributed by atoms with Crippen LogP contribution in [0.25, 0.3) is 0 Å². The van der Waals surface area contributed by atoms with Crippen molar-refractivity contribution in [2.45, 2.75) is 93.8 Å². The maximum atomic E-state index is 13.3. The van der Waals surface area contributed by atoms with Crippen LogP contribution in [0.5, 0.6) is 0 Å². The fraction of sp³-hybridized carbons (Fsp3) is 0.680. The number of carbonyl (C=O) groups is 2. The number of epoxide rings is 1. The fourth-order valence-corrected chi connectivity index (χ4v) is 6.15. The topological polar surface area (TPSA) is 65.1 Å². The first-order valence-electron chi connectivity index (χ1n) is 11.9. The van der Waals surface area contributed by atoms with E-state index in [-0.39, 0.29) is 30.6 Å². The number of rotatable bonds is 6. The molecule has 1 saturated carbocycles. The molecule has 6 heteroatoms. The van der Waals surface area contributed by atoms with E-state index in [1.807, 2.05) is 30.3 Å². The highest BCUT2D eigenvalue weighted by molar-refractivity contribution is 5.84. The minimum absolute atomic E-state index is 0.00520. The third-order valence-electron chi connectivity index (χ3n) is 8.03. The van der Waals surface area contributed by atoms with E-state index in [0.29, 0.717) is 24.3 Å². The first-order valence-corrected chi connectivity index (χ1v) is 11.9. The van der Waals surface area contributed by atoms with Crippen molar-refractivity contribution in [3.05, 3.63) is 35.9 Å². The Balaban J connectivity index is 1.25. The van der Waals surface area contributed by atoms with Crippen LogP contribution < -0.4 is 0 Å². The largest absolute Gasteiger partial charge is 0.462 e. The first kappa shape index (κ1) is 21.0. The molecule has 6 nitrogen and oxygen atoms in total. The third kappa shape index (κ3) is 4.12. The Hall–Kier alpha value is -1.92. The molecule has 4 fully saturated rings. The smallest absolute Gasteiger partial charge is 0.314 e. The Bertz CT molecular complexity index is 798. The molecule has 3 heterocycles. The second-order valence-corrected chi connectivity index (χ2v) is 10.3. The Morgan fingerprint density at radius 1 is 0.968 bits per heavy atom. The van der Waals surface area contributed by atoms with Crippen LogP contribution in [0, 0.1) is 0 Å². The first-order chi connectivity index (χ1) is 14.9. The predicted octanol–water partition coefficient (Wildman–Crippen LogP) is 3.34. The van der Waals surface area contributed by atoms with E-state index in [1.165, 1.54) is 6.42 Å². The number of hydrogen-bond donors (Lipinski definition) is 0. The van der Waals surface area contributed by atoms with Gasteiger partial charge in [0.2, 0.25) is 0 Å². The van der Waals surface area contributed by atoms with Gasteiger partial charge >= 0.3 is 11.9 Å². The maximum Gasteiger partial charge on any atom is 0.314 e. The number of hydrogen-bond acceptors (Lipinski definition) is 5. The lowest BCUT2D eigenvalue weighted by molar-refractivity contribution is -0.938. The molecule has 6 atom stereocenters. The van der Waals surface area contributed by atoms with Gasteiger partial charge in [-0.3, -0.25) is 9.59 Å². The zero-order valence-corrected chi connectivity index (χ0v) is 18.6. The maximum absolute atomic E-state index is 13.3. The average Bonchev–Trinajstić information content (AvgIpc) is 3.52. The van der Waals surface area contributed by atoms with Crippen molar-refractivity contribution in [1.29, 1.82) is 0 Å². The summed E-state index contributed by atoms with van der Waals surface area (Å²) in [7, 11) is 4.52. The summed E-state index contributed by atoms with van der Waals surface area (Å²) in [5.74, 6) is -1.22. The molecule has 0 spiro atoms. The van der Waals surface area contributed by atoms with Gasteiger partial charge in [-0.25, -0.2) is 0 Å². The number of benzene rings is 1. The van der Waals surface area contributed by atoms with Gasteiger partial charge < -0.3 is 18.7 Å². The van der Waals surface area contributed by atoms with Gasteiger partial charge in [0.25, 0.3) is 0 Å². The number of quaternary nitrogens is 1. The van der Waals surface area contributed by atoms with Gasteiger partial charge in [0, 0.05) is 12.8 Å². The Morgan fingerprint density at radius 3 is 2.26 bits per heavy atom. The van der Waals surface area contributed by atoms with Crippen LogP contribution in [0.4, 0.5) is 0 Å². The predicted molar refractivity (Wildman–Crippen MR) is 114 cm³/mol. The highest BCUT2D eigenvalue weighted by atomic mass is 16.6. The molecular formula is C25H34NO5+. The molecule has 168 valence electrons. The fourth-order valence-electron chi connectivity index (χ4n) is 6.15. The molecule has 1 aliphatic carbocycles. The number of nitrogens with zero attached hydrogens (tertiary/aromatic N) is 1. The Morgan fingerprint density at radius 2 is 1.61 bits per heavy atom. The number of morpholine rings is 1.